The van der Waals surface area contributed by atoms with Crippen LogP contribution in [0, 0.1) is 6.92 Å². The Kier molecular flexibility index (Phi) is 4.29. The van der Waals surface area contributed by atoms with Gasteiger partial charge in [-0.1, -0.05) is 15.9 Å². The molecule has 4 nitrogen and oxygen atoms in total. The van der Waals surface area contributed by atoms with E-state index in [4.69, 9.17) is 10.5 Å². The summed E-state index contributed by atoms with van der Waals surface area (Å²) in [5.74, 6) is 0.363. The fourth-order valence-electron chi connectivity index (χ4n) is 1.78. The molecule has 0 bridgehead atoms. The van der Waals surface area contributed by atoms with Gasteiger partial charge in [-0.15, -0.1) is 0 Å². The summed E-state index contributed by atoms with van der Waals surface area (Å²) in [6, 6.07) is 10.6. The molecule has 0 aliphatic rings. The van der Waals surface area contributed by atoms with Crippen LogP contribution >= 0.6 is 15.9 Å². The quantitative estimate of drug-likeness (QED) is 0.843. The average Bonchev–Trinajstić information content (AvgIpc) is 2.43. The summed E-state index contributed by atoms with van der Waals surface area (Å²) in [6.07, 6.45) is 0. The van der Waals surface area contributed by atoms with Crippen LogP contribution in [0.1, 0.15) is 15.9 Å². The Hall–Kier alpha value is -2.01. The van der Waals surface area contributed by atoms with Gasteiger partial charge in [-0.05, 0) is 42.8 Å². The highest BCUT2D eigenvalue weighted by Crippen LogP contribution is 2.25. The molecule has 2 aromatic carbocycles. The van der Waals surface area contributed by atoms with Crippen molar-refractivity contribution >= 4 is 33.2 Å². The minimum Gasteiger partial charge on any atom is -0.495 e. The minimum atomic E-state index is -0.174. The molecule has 0 aromatic heterocycles. The summed E-state index contributed by atoms with van der Waals surface area (Å²) in [5.41, 5.74) is 8.51. The maximum Gasteiger partial charge on any atom is 0.255 e. The first kappa shape index (κ1) is 14.4. The number of nitrogens with one attached hydrogen (secondary N) is 1. The van der Waals surface area contributed by atoms with E-state index >= 15 is 0 Å². The van der Waals surface area contributed by atoms with E-state index in [2.05, 4.69) is 21.2 Å². The van der Waals surface area contributed by atoms with Crippen molar-refractivity contribution in [3.63, 3.8) is 0 Å². The van der Waals surface area contributed by atoms with Crippen LogP contribution in [0.2, 0.25) is 0 Å². The summed E-state index contributed by atoms with van der Waals surface area (Å²) in [4.78, 5) is 12.2. The van der Waals surface area contributed by atoms with Gasteiger partial charge >= 0.3 is 0 Å². The number of halogens is 1. The zero-order chi connectivity index (χ0) is 14.7. The molecule has 20 heavy (non-hydrogen) atoms. The molecule has 2 aromatic rings. The average molecular weight is 335 g/mol. The van der Waals surface area contributed by atoms with Crippen molar-refractivity contribution in [2.24, 2.45) is 0 Å². The number of aryl methyl sites for hydroxylation is 1. The SMILES string of the molecule is COc1cc(NC(=O)c2ccc(Br)c(C)c2)ccc1N. The van der Waals surface area contributed by atoms with Crippen LogP contribution in [0.3, 0.4) is 0 Å². The molecule has 1 amide bonds. The second-order valence-corrected chi connectivity index (χ2v) is 5.23. The monoisotopic (exact) mass is 334 g/mol. The number of anilines is 2. The summed E-state index contributed by atoms with van der Waals surface area (Å²) < 4.78 is 6.10. The van der Waals surface area contributed by atoms with Gasteiger partial charge in [-0.25, -0.2) is 0 Å². The number of nitrogens with two attached hydrogens (primary N) is 1. The Morgan fingerprint density at radius 3 is 2.65 bits per heavy atom. The summed E-state index contributed by atoms with van der Waals surface area (Å²) >= 11 is 3.41. The van der Waals surface area contributed by atoms with Gasteiger partial charge in [-0.3, -0.25) is 4.79 Å². The number of rotatable bonds is 3. The third-order valence-electron chi connectivity index (χ3n) is 2.91. The van der Waals surface area contributed by atoms with Crippen LogP contribution in [0.15, 0.2) is 40.9 Å². The van der Waals surface area contributed by atoms with Gasteiger partial charge in [0.05, 0.1) is 12.8 Å². The Morgan fingerprint density at radius 2 is 2.00 bits per heavy atom. The first-order chi connectivity index (χ1) is 9.51. The Bertz CT molecular complexity index is 656. The van der Waals surface area contributed by atoms with Gasteiger partial charge < -0.3 is 15.8 Å². The molecule has 0 heterocycles. The third-order valence-corrected chi connectivity index (χ3v) is 3.80. The molecular formula is C15H15BrN2O2. The highest BCUT2D eigenvalue weighted by atomic mass is 79.9. The van der Waals surface area contributed by atoms with Crippen molar-refractivity contribution in [3.05, 3.63) is 52.0 Å². The summed E-state index contributed by atoms with van der Waals surface area (Å²) in [7, 11) is 1.54. The third kappa shape index (κ3) is 3.11. The molecule has 0 spiro atoms. The molecule has 0 aliphatic heterocycles. The predicted octanol–water partition coefficient (Wildman–Crippen LogP) is 3.60. The zero-order valence-corrected chi connectivity index (χ0v) is 12.8. The van der Waals surface area contributed by atoms with Crippen LogP contribution < -0.4 is 15.8 Å². The van der Waals surface area contributed by atoms with E-state index in [1.165, 1.54) is 7.11 Å². The molecule has 3 N–H and O–H groups in total. The van der Waals surface area contributed by atoms with Crippen LogP contribution in [-0.4, -0.2) is 13.0 Å². The maximum absolute atomic E-state index is 12.2. The Morgan fingerprint density at radius 1 is 1.25 bits per heavy atom. The van der Waals surface area contributed by atoms with Crippen molar-refractivity contribution in [2.75, 3.05) is 18.2 Å². The summed E-state index contributed by atoms with van der Waals surface area (Å²) in [6.45, 7) is 1.94. The van der Waals surface area contributed by atoms with Crippen LogP contribution in [0.5, 0.6) is 5.75 Å². The number of benzene rings is 2. The normalized spacial score (nSPS) is 10.2. The van der Waals surface area contributed by atoms with Gasteiger partial charge in [0.25, 0.3) is 5.91 Å². The van der Waals surface area contributed by atoms with E-state index in [-0.39, 0.29) is 5.91 Å². The van der Waals surface area contributed by atoms with E-state index in [1.807, 2.05) is 19.1 Å². The molecular weight excluding hydrogens is 320 g/mol. The smallest absolute Gasteiger partial charge is 0.255 e. The van der Waals surface area contributed by atoms with E-state index in [1.54, 1.807) is 24.3 Å². The number of hydrogen-bond donors (Lipinski definition) is 2. The number of amides is 1. The molecule has 0 saturated carbocycles. The van der Waals surface area contributed by atoms with Crippen molar-refractivity contribution in [2.45, 2.75) is 6.92 Å². The zero-order valence-electron chi connectivity index (χ0n) is 11.2. The molecule has 0 unspecified atom stereocenters. The van der Waals surface area contributed by atoms with E-state index < -0.39 is 0 Å². The second-order valence-electron chi connectivity index (χ2n) is 4.37. The van der Waals surface area contributed by atoms with Crippen LogP contribution in [-0.2, 0) is 0 Å². The first-order valence-corrected chi connectivity index (χ1v) is 6.81. The maximum atomic E-state index is 12.2. The van der Waals surface area contributed by atoms with Crippen molar-refractivity contribution in [3.8, 4) is 5.75 Å². The van der Waals surface area contributed by atoms with Gasteiger partial charge in [0, 0.05) is 21.8 Å². The van der Waals surface area contributed by atoms with Crippen molar-refractivity contribution in [1.29, 1.82) is 0 Å². The lowest BCUT2D eigenvalue weighted by atomic mass is 10.1. The number of nitrogen functional groups attached to an aromatic ring is 1. The molecule has 0 atom stereocenters. The van der Waals surface area contributed by atoms with E-state index in [0.29, 0.717) is 22.7 Å². The molecule has 0 aliphatic carbocycles. The topological polar surface area (TPSA) is 64.3 Å². The van der Waals surface area contributed by atoms with Crippen molar-refractivity contribution < 1.29 is 9.53 Å². The fraction of sp³-hybridized carbons (Fsp3) is 0.133. The van der Waals surface area contributed by atoms with Gasteiger partial charge in [-0.2, -0.15) is 0 Å². The molecule has 2 rings (SSSR count). The van der Waals surface area contributed by atoms with Crippen LogP contribution in [0.25, 0.3) is 0 Å². The lowest BCUT2D eigenvalue weighted by Gasteiger charge is -2.09. The van der Waals surface area contributed by atoms with E-state index in [9.17, 15) is 4.79 Å². The number of methoxy groups -OCH3 is 1. The fourth-order valence-corrected chi connectivity index (χ4v) is 2.02. The summed E-state index contributed by atoms with van der Waals surface area (Å²) in [5, 5.41) is 2.82. The van der Waals surface area contributed by atoms with Gasteiger partial charge in [0.15, 0.2) is 0 Å². The number of ether oxygens (including phenoxy) is 1. The largest absolute Gasteiger partial charge is 0.495 e. The highest BCUT2D eigenvalue weighted by molar-refractivity contribution is 9.10. The molecule has 0 fully saturated rings. The molecule has 104 valence electrons. The Labute approximate surface area is 126 Å². The lowest BCUT2D eigenvalue weighted by Crippen LogP contribution is -2.12. The molecule has 5 heteroatoms. The van der Waals surface area contributed by atoms with Gasteiger partial charge in [0.1, 0.15) is 5.75 Å². The number of carbonyl (C=O) groups is 1. The standard InChI is InChI=1S/C15H15BrN2O2/c1-9-7-10(3-5-12(9)16)15(19)18-11-4-6-13(17)14(8-11)20-2/h3-8H,17H2,1-2H3,(H,18,19). The number of hydrogen-bond acceptors (Lipinski definition) is 3. The predicted molar refractivity (Wildman–Crippen MR) is 84.2 cm³/mol. The highest BCUT2D eigenvalue weighted by Gasteiger charge is 2.09. The Balaban J connectivity index is 2.21. The van der Waals surface area contributed by atoms with Gasteiger partial charge in [0.2, 0.25) is 0 Å². The van der Waals surface area contributed by atoms with E-state index in [0.717, 1.165) is 10.0 Å². The first-order valence-electron chi connectivity index (χ1n) is 6.02. The van der Waals surface area contributed by atoms with Crippen molar-refractivity contribution in [1.82, 2.24) is 0 Å². The minimum absolute atomic E-state index is 0.174. The lowest BCUT2D eigenvalue weighted by molar-refractivity contribution is 0.102. The number of carbonyl (C=O) groups excluding carboxylic acids is 1. The second kappa shape index (κ2) is 5.96. The molecule has 0 radical (unpaired) electrons. The van der Waals surface area contributed by atoms with Crippen LogP contribution in [0.4, 0.5) is 11.4 Å². The molecule has 0 saturated heterocycles.